The number of aromatic nitrogens is 1. The molecule has 4 rings (SSSR count). The molecule has 1 fully saturated rings. The van der Waals surface area contributed by atoms with E-state index in [2.05, 4.69) is 32.1 Å². The first-order valence-corrected chi connectivity index (χ1v) is 9.75. The first kappa shape index (κ1) is 17.8. The molecule has 138 valence electrons. The average molecular weight is 475 g/mol. The number of carbonyl (C=O) groups is 2. The van der Waals surface area contributed by atoms with Crippen LogP contribution in [0.3, 0.4) is 0 Å². The molecule has 6 nitrogen and oxygen atoms in total. The molecule has 0 unspecified atom stereocenters. The van der Waals surface area contributed by atoms with Gasteiger partial charge in [0.15, 0.2) is 6.29 Å². The average Bonchev–Trinajstić information content (AvgIpc) is 3.03. The summed E-state index contributed by atoms with van der Waals surface area (Å²) in [6.45, 7) is 1.94. The molecule has 7 heteroatoms. The standard InChI is InChI=1S/C20H18IN3O3/c21-14-5-7-15(8-6-14)24-18-4-2-1-3-16(18)17(13-25)19(24)22-9-11-23(12-10-22)20(26)27/h1-8,13H,9-12H2,(H,26,27). The lowest BCUT2D eigenvalue weighted by atomic mass is 10.1. The Morgan fingerprint density at radius 1 is 1.00 bits per heavy atom. The van der Waals surface area contributed by atoms with Gasteiger partial charge < -0.3 is 14.9 Å². The second kappa shape index (κ2) is 7.22. The summed E-state index contributed by atoms with van der Waals surface area (Å²) in [7, 11) is 0. The summed E-state index contributed by atoms with van der Waals surface area (Å²) in [5.41, 5.74) is 2.60. The molecule has 0 radical (unpaired) electrons. The minimum absolute atomic E-state index is 0.418. The van der Waals surface area contributed by atoms with Crippen molar-refractivity contribution in [2.24, 2.45) is 0 Å². The Hall–Kier alpha value is -2.55. The van der Waals surface area contributed by atoms with Crippen molar-refractivity contribution < 1.29 is 14.7 Å². The highest BCUT2D eigenvalue weighted by Gasteiger charge is 2.27. The number of carboxylic acid groups (broad SMARTS) is 1. The molecular formula is C20H18IN3O3. The third-order valence-electron chi connectivity index (χ3n) is 4.94. The Morgan fingerprint density at radius 2 is 1.67 bits per heavy atom. The summed E-state index contributed by atoms with van der Waals surface area (Å²) in [6, 6.07) is 16.0. The Labute approximate surface area is 170 Å². The van der Waals surface area contributed by atoms with Crippen LogP contribution in [0.2, 0.25) is 0 Å². The fraction of sp³-hybridized carbons (Fsp3) is 0.200. The summed E-state index contributed by atoms with van der Waals surface area (Å²) >= 11 is 2.27. The fourth-order valence-corrected chi connectivity index (χ4v) is 4.00. The van der Waals surface area contributed by atoms with Crippen molar-refractivity contribution in [2.75, 3.05) is 31.1 Å². The van der Waals surface area contributed by atoms with Gasteiger partial charge in [0.05, 0.1) is 11.1 Å². The zero-order valence-corrected chi connectivity index (χ0v) is 16.7. The third-order valence-corrected chi connectivity index (χ3v) is 5.66. The number of aldehydes is 1. The molecule has 1 aliphatic rings. The van der Waals surface area contributed by atoms with Gasteiger partial charge in [-0.2, -0.15) is 0 Å². The van der Waals surface area contributed by atoms with Crippen LogP contribution in [0, 0.1) is 3.57 Å². The molecule has 1 saturated heterocycles. The van der Waals surface area contributed by atoms with Gasteiger partial charge in [-0.15, -0.1) is 0 Å². The molecule has 27 heavy (non-hydrogen) atoms. The number of anilines is 1. The number of fused-ring (bicyclic) bond motifs is 1. The molecule has 0 bridgehead atoms. The largest absolute Gasteiger partial charge is 0.465 e. The van der Waals surface area contributed by atoms with Crippen LogP contribution < -0.4 is 4.90 Å². The van der Waals surface area contributed by atoms with Crippen LogP contribution in [-0.2, 0) is 0 Å². The third kappa shape index (κ3) is 3.16. The molecular weight excluding hydrogens is 457 g/mol. The maximum atomic E-state index is 12.0. The molecule has 0 saturated carbocycles. The van der Waals surface area contributed by atoms with E-state index in [0.717, 1.165) is 32.3 Å². The molecule has 1 N–H and O–H groups in total. The molecule has 0 atom stereocenters. The number of halogens is 1. The lowest BCUT2D eigenvalue weighted by Crippen LogP contribution is -2.49. The summed E-state index contributed by atoms with van der Waals surface area (Å²) < 4.78 is 3.24. The van der Waals surface area contributed by atoms with Gasteiger partial charge in [-0.3, -0.25) is 9.36 Å². The molecule has 3 aromatic rings. The van der Waals surface area contributed by atoms with Gasteiger partial charge in [-0.1, -0.05) is 18.2 Å². The molecule has 0 spiro atoms. The van der Waals surface area contributed by atoms with Gasteiger partial charge in [0.1, 0.15) is 5.82 Å². The van der Waals surface area contributed by atoms with E-state index in [9.17, 15) is 14.7 Å². The van der Waals surface area contributed by atoms with E-state index in [-0.39, 0.29) is 0 Å². The predicted molar refractivity (Wildman–Crippen MR) is 113 cm³/mol. The van der Waals surface area contributed by atoms with Crippen molar-refractivity contribution in [3.05, 3.63) is 57.7 Å². The smallest absolute Gasteiger partial charge is 0.407 e. The number of benzene rings is 2. The van der Waals surface area contributed by atoms with E-state index in [1.165, 1.54) is 4.90 Å². The van der Waals surface area contributed by atoms with Gasteiger partial charge in [0, 0.05) is 40.8 Å². The van der Waals surface area contributed by atoms with Crippen molar-refractivity contribution in [3.63, 3.8) is 0 Å². The van der Waals surface area contributed by atoms with Crippen molar-refractivity contribution in [1.82, 2.24) is 9.47 Å². The van der Waals surface area contributed by atoms with E-state index in [1.54, 1.807) is 0 Å². The maximum Gasteiger partial charge on any atom is 0.407 e. The van der Waals surface area contributed by atoms with Crippen LogP contribution in [0.1, 0.15) is 10.4 Å². The Bertz CT molecular complexity index is 1010. The van der Waals surface area contributed by atoms with Crippen LogP contribution in [0.15, 0.2) is 48.5 Å². The number of carbonyl (C=O) groups excluding carboxylic acids is 1. The summed E-state index contributed by atoms with van der Waals surface area (Å²) in [4.78, 5) is 26.8. The normalized spacial score (nSPS) is 14.6. The van der Waals surface area contributed by atoms with E-state index in [1.807, 2.05) is 48.5 Å². The monoisotopic (exact) mass is 475 g/mol. The zero-order chi connectivity index (χ0) is 19.0. The van der Waals surface area contributed by atoms with E-state index in [4.69, 9.17) is 0 Å². The van der Waals surface area contributed by atoms with E-state index >= 15 is 0 Å². The van der Waals surface area contributed by atoms with Crippen LogP contribution in [-0.4, -0.2) is 53.1 Å². The number of amides is 1. The Kier molecular flexibility index (Phi) is 4.77. The summed E-state index contributed by atoms with van der Waals surface area (Å²) in [5, 5.41) is 10.1. The van der Waals surface area contributed by atoms with Crippen molar-refractivity contribution >= 4 is 51.7 Å². The first-order valence-electron chi connectivity index (χ1n) is 8.67. The van der Waals surface area contributed by atoms with Crippen LogP contribution >= 0.6 is 22.6 Å². The lowest BCUT2D eigenvalue weighted by Gasteiger charge is -2.35. The molecule has 1 aliphatic heterocycles. The quantitative estimate of drug-likeness (QED) is 0.462. The minimum atomic E-state index is -0.900. The highest BCUT2D eigenvalue weighted by Crippen LogP contribution is 2.35. The van der Waals surface area contributed by atoms with E-state index < -0.39 is 6.09 Å². The number of para-hydroxylation sites is 1. The SMILES string of the molecule is O=Cc1c(N2CCN(C(=O)O)CC2)n(-c2ccc(I)cc2)c2ccccc12. The Balaban J connectivity index is 1.88. The number of piperazine rings is 1. The van der Waals surface area contributed by atoms with Crippen LogP contribution in [0.5, 0.6) is 0 Å². The van der Waals surface area contributed by atoms with E-state index in [0.29, 0.717) is 31.7 Å². The zero-order valence-electron chi connectivity index (χ0n) is 14.5. The Morgan fingerprint density at radius 3 is 2.30 bits per heavy atom. The van der Waals surface area contributed by atoms with Crippen molar-refractivity contribution in [1.29, 1.82) is 0 Å². The summed E-state index contributed by atoms with van der Waals surface area (Å²) in [6.07, 6.45) is 0.00758. The molecule has 2 heterocycles. The van der Waals surface area contributed by atoms with Gasteiger partial charge in [-0.05, 0) is 52.9 Å². The van der Waals surface area contributed by atoms with Crippen molar-refractivity contribution in [3.8, 4) is 5.69 Å². The summed E-state index contributed by atoms with van der Waals surface area (Å²) in [5.74, 6) is 0.831. The van der Waals surface area contributed by atoms with Gasteiger partial charge >= 0.3 is 6.09 Å². The van der Waals surface area contributed by atoms with Gasteiger partial charge in [0.2, 0.25) is 0 Å². The van der Waals surface area contributed by atoms with Gasteiger partial charge in [-0.25, -0.2) is 4.79 Å². The lowest BCUT2D eigenvalue weighted by molar-refractivity contribution is 0.112. The second-order valence-electron chi connectivity index (χ2n) is 6.44. The number of hydrogen-bond acceptors (Lipinski definition) is 3. The first-order chi connectivity index (χ1) is 13.1. The maximum absolute atomic E-state index is 12.0. The minimum Gasteiger partial charge on any atom is -0.465 e. The predicted octanol–water partition coefficient (Wildman–Crippen LogP) is 3.85. The molecule has 0 aliphatic carbocycles. The van der Waals surface area contributed by atoms with Gasteiger partial charge in [0.25, 0.3) is 0 Å². The number of rotatable bonds is 3. The highest BCUT2D eigenvalue weighted by molar-refractivity contribution is 14.1. The van der Waals surface area contributed by atoms with Crippen molar-refractivity contribution in [2.45, 2.75) is 0 Å². The number of nitrogens with zero attached hydrogens (tertiary/aromatic N) is 3. The molecule has 2 aromatic carbocycles. The second-order valence-corrected chi connectivity index (χ2v) is 7.69. The fourth-order valence-electron chi connectivity index (χ4n) is 3.64. The number of hydrogen-bond donors (Lipinski definition) is 1. The molecule has 1 aromatic heterocycles. The van der Waals surface area contributed by atoms with Crippen LogP contribution in [0.4, 0.5) is 10.6 Å². The highest BCUT2D eigenvalue weighted by atomic mass is 127. The topological polar surface area (TPSA) is 65.8 Å². The molecule has 1 amide bonds. The van der Waals surface area contributed by atoms with Crippen LogP contribution in [0.25, 0.3) is 16.6 Å².